The van der Waals surface area contributed by atoms with Gasteiger partial charge in [-0.1, -0.05) is 19.1 Å². The van der Waals surface area contributed by atoms with E-state index in [1.807, 2.05) is 41.7 Å². The number of halogens is 1. The third-order valence-corrected chi connectivity index (χ3v) is 5.22. The average Bonchev–Trinajstić information content (AvgIpc) is 2.69. The first-order valence-corrected chi connectivity index (χ1v) is 7.89. The first-order chi connectivity index (χ1) is 9.42. The summed E-state index contributed by atoms with van der Waals surface area (Å²) in [5.41, 5.74) is -0.355. The number of hydrogen-bond acceptors (Lipinski definition) is 4. The Kier molecular flexibility index (Phi) is 4.95. The van der Waals surface area contributed by atoms with Crippen LogP contribution in [0.25, 0.3) is 0 Å². The Labute approximate surface area is 131 Å². The van der Waals surface area contributed by atoms with E-state index < -0.39 is 0 Å². The van der Waals surface area contributed by atoms with Crippen molar-refractivity contribution in [3.63, 3.8) is 0 Å². The molecule has 6 heteroatoms. The molecule has 2 unspecified atom stereocenters. The second-order valence-electron chi connectivity index (χ2n) is 5.57. The first-order valence-electron chi connectivity index (χ1n) is 6.81. The zero-order valence-electron chi connectivity index (χ0n) is 11.4. The van der Waals surface area contributed by atoms with E-state index in [1.165, 1.54) is 0 Å². The summed E-state index contributed by atoms with van der Waals surface area (Å²) in [5.74, 6) is -0.559. The van der Waals surface area contributed by atoms with Crippen molar-refractivity contribution in [2.24, 2.45) is 5.41 Å². The molecule has 0 N–H and O–H groups in total. The summed E-state index contributed by atoms with van der Waals surface area (Å²) in [7, 11) is 0. The molecule has 2 amide bonds. The van der Waals surface area contributed by atoms with Crippen LogP contribution in [-0.2, 0) is 19.2 Å². The summed E-state index contributed by atoms with van der Waals surface area (Å²) in [6.45, 7) is 1.96. The Hall–Kier alpha value is -0.760. The zero-order valence-corrected chi connectivity index (χ0v) is 13.6. The van der Waals surface area contributed by atoms with E-state index in [9.17, 15) is 14.4 Å². The van der Waals surface area contributed by atoms with Crippen molar-refractivity contribution in [1.29, 1.82) is 0 Å². The third kappa shape index (κ3) is 3.46. The molecule has 20 heavy (non-hydrogen) atoms. The first kappa shape index (κ1) is 15.6. The second-order valence-corrected chi connectivity index (χ2v) is 6.55. The van der Waals surface area contributed by atoms with Gasteiger partial charge >= 0.3 is 0 Å². The molecule has 0 bridgehead atoms. The van der Waals surface area contributed by atoms with Crippen molar-refractivity contribution in [3.05, 3.63) is 12.2 Å². The molecule has 0 aromatic rings. The maximum atomic E-state index is 11.7. The summed E-state index contributed by atoms with van der Waals surface area (Å²) >= 11 is 1.85. The van der Waals surface area contributed by atoms with Gasteiger partial charge in [-0.3, -0.25) is 19.2 Å². The van der Waals surface area contributed by atoms with E-state index >= 15 is 0 Å². The van der Waals surface area contributed by atoms with E-state index in [0.717, 1.165) is 17.9 Å². The topological polar surface area (TPSA) is 63.7 Å². The lowest BCUT2D eigenvalue weighted by Crippen LogP contribution is -2.35. The molecular formula is C14H18INO4. The maximum absolute atomic E-state index is 11.7. The summed E-state index contributed by atoms with van der Waals surface area (Å²) in [6.07, 6.45) is 6.91. The number of allylic oxidation sites excluding steroid dienone is 1. The van der Waals surface area contributed by atoms with Gasteiger partial charge in [-0.15, -0.1) is 0 Å². The SMILES string of the molecule is CC1(C(=O)I)CCC=CC(ON2C(=O)CCC2=O)CC1. The molecule has 2 atom stereocenters. The van der Waals surface area contributed by atoms with Crippen LogP contribution in [-0.4, -0.2) is 26.8 Å². The minimum Gasteiger partial charge on any atom is -0.287 e. The quantitative estimate of drug-likeness (QED) is 0.321. The average molecular weight is 391 g/mol. The van der Waals surface area contributed by atoms with Gasteiger partial charge < -0.3 is 0 Å². The fraction of sp³-hybridized carbons (Fsp3) is 0.643. The number of carbonyl (C=O) groups excluding carboxylic acids is 3. The predicted octanol–water partition coefficient (Wildman–Crippen LogP) is 2.53. The minimum atomic E-state index is -0.355. The fourth-order valence-corrected chi connectivity index (χ4v) is 2.96. The molecule has 110 valence electrons. The largest absolute Gasteiger partial charge is 0.287 e. The number of hydrogen-bond donors (Lipinski definition) is 0. The molecule has 0 radical (unpaired) electrons. The van der Waals surface area contributed by atoms with Crippen LogP contribution in [0.4, 0.5) is 0 Å². The number of carbonyl (C=O) groups is 3. The van der Waals surface area contributed by atoms with Crippen molar-refractivity contribution in [1.82, 2.24) is 5.06 Å². The lowest BCUT2D eigenvalue weighted by atomic mass is 9.80. The Bertz CT molecular complexity index is 446. The summed E-state index contributed by atoms with van der Waals surface area (Å²) in [5, 5.41) is 0.889. The van der Waals surface area contributed by atoms with Crippen LogP contribution in [0.15, 0.2) is 12.2 Å². The molecule has 1 aliphatic carbocycles. The molecule has 1 heterocycles. The van der Waals surface area contributed by atoms with Crippen LogP contribution >= 0.6 is 22.6 Å². The van der Waals surface area contributed by atoms with Crippen LogP contribution in [0.5, 0.6) is 0 Å². The van der Waals surface area contributed by atoms with Crippen LogP contribution in [0, 0.1) is 5.41 Å². The highest BCUT2D eigenvalue weighted by Crippen LogP contribution is 2.35. The van der Waals surface area contributed by atoms with Gasteiger partial charge in [-0.05, 0) is 25.7 Å². The monoisotopic (exact) mass is 391 g/mol. The minimum absolute atomic E-state index is 0.150. The molecule has 1 aliphatic heterocycles. The normalized spacial score (nSPS) is 31.3. The van der Waals surface area contributed by atoms with Crippen molar-refractivity contribution in [2.45, 2.75) is 51.6 Å². The highest BCUT2D eigenvalue weighted by Gasteiger charge is 2.35. The number of imide groups is 1. The van der Waals surface area contributed by atoms with Crippen LogP contribution in [0.3, 0.4) is 0 Å². The van der Waals surface area contributed by atoms with Crippen LogP contribution in [0.1, 0.15) is 45.4 Å². The molecule has 1 fully saturated rings. The van der Waals surface area contributed by atoms with Gasteiger partial charge in [0.2, 0.25) is 0 Å². The van der Waals surface area contributed by atoms with E-state index in [-0.39, 0.29) is 40.0 Å². The number of nitrogens with zero attached hydrogens (tertiary/aromatic N) is 1. The van der Waals surface area contributed by atoms with Gasteiger partial charge in [-0.25, -0.2) is 0 Å². The molecule has 2 rings (SSSR count). The molecule has 5 nitrogen and oxygen atoms in total. The Morgan fingerprint density at radius 1 is 1.35 bits per heavy atom. The van der Waals surface area contributed by atoms with Gasteiger partial charge in [0.05, 0.1) is 0 Å². The lowest BCUT2D eigenvalue weighted by molar-refractivity contribution is -0.198. The molecule has 0 aromatic heterocycles. The Balaban J connectivity index is 2.02. The Morgan fingerprint density at radius 3 is 2.60 bits per heavy atom. The van der Waals surface area contributed by atoms with Crippen LogP contribution in [0.2, 0.25) is 0 Å². The van der Waals surface area contributed by atoms with Gasteiger partial charge in [-0.2, -0.15) is 5.06 Å². The lowest BCUT2D eigenvalue weighted by Gasteiger charge is -2.29. The smallest absolute Gasteiger partial charge is 0.254 e. The molecule has 0 saturated carbocycles. The third-order valence-electron chi connectivity index (χ3n) is 3.92. The van der Waals surface area contributed by atoms with Crippen LogP contribution < -0.4 is 0 Å². The van der Waals surface area contributed by atoms with E-state index in [2.05, 4.69) is 0 Å². The van der Waals surface area contributed by atoms with Gasteiger partial charge in [0.15, 0.2) is 3.79 Å². The number of rotatable bonds is 3. The van der Waals surface area contributed by atoms with Crippen molar-refractivity contribution in [2.75, 3.05) is 0 Å². The second kappa shape index (κ2) is 6.34. The van der Waals surface area contributed by atoms with Crippen molar-refractivity contribution >= 4 is 38.2 Å². The van der Waals surface area contributed by atoms with Crippen molar-refractivity contribution in [3.8, 4) is 0 Å². The molecule has 0 spiro atoms. The summed E-state index contributed by atoms with van der Waals surface area (Å²) < 4.78 is 0.150. The zero-order chi connectivity index (χ0) is 14.8. The molecule has 0 aromatic carbocycles. The highest BCUT2D eigenvalue weighted by atomic mass is 127. The van der Waals surface area contributed by atoms with E-state index in [0.29, 0.717) is 12.8 Å². The Morgan fingerprint density at radius 2 is 2.00 bits per heavy atom. The van der Waals surface area contributed by atoms with Gasteiger partial charge in [0.25, 0.3) is 11.8 Å². The molecule has 1 saturated heterocycles. The van der Waals surface area contributed by atoms with Crippen molar-refractivity contribution < 1.29 is 19.2 Å². The summed E-state index contributed by atoms with van der Waals surface area (Å²) in [6, 6.07) is 0. The summed E-state index contributed by atoms with van der Waals surface area (Å²) in [4.78, 5) is 40.4. The predicted molar refractivity (Wildman–Crippen MR) is 80.7 cm³/mol. The van der Waals surface area contributed by atoms with Gasteiger partial charge in [0, 0.05) is 40.8 Å². The van der Waals surface area contributed by atoms with E-state index in [1.54, 1.807) is 0 Å². The maximum Gasteiger partial charge on any atom is 0.254 e. The van der Waals surface area contributed by atoms with Gasteiger partial charge in [0.1, 0.15) is 6.10 Å². The standard InChI is InChI=1S/C14H18INO4/c1-14(13(15)19)8-3-2-4-10(7-9-14)20-16-11(17)5-6-12(16)18/h2,4,10H,3,5-9H2,1H3. The van der Waals surface area contributed by atoms with E-state index in [4.69, 9.17) is 4.84 Å². The number of amides is 2. The molecular weight excluding hydrogens is 373 g/mol. The fourth-order valence-electron chi connectivity index (χ4n) is 2.43. The number of hydroxylamine groups is 2. The highest BCUT2D eigenvalue weighted by molar-refractivity contribution is 14.1. The molecule has 2 aliphatic rings.